The fourth-order valence-electron chi connectivity index (χ4n) is 5.11. The fraction of sp³-hybridized carbons (Fsp3) is 0.385. The Balaban J connectivity index is 1.36. The molecule has 0 spiro atoms. The lowest BCUT2D eigenvalue weighted by atomic mass is 9.93. The Bertz CT molecular complexity index is 1220. The van der Waals surface area contributed by atoms with Crippen LogP contribution < -0.4 is 10.6 Å². The van der Waals surface area contributed by atoms with Gasteiger partial charge in [0, 0.05) is 53.6 Å². The lowest BCUT2D eigenvalue weighted by molar-refractivity contribution is -0.111. The molecule has 5 N–H and O–H groups in total. The molecule has 0 saturated heterocycles. The van der Waals surface area contributed by atoms with Crippen LogP contribution in [0.3, 0.4) is 0 Å². The van der Waals surface area contributed by atoms with E-state index in [9.17, 15) is 24.5 Å². The maximum atomic E-state index is 13.9. The number of pyridine rings is 1. The molecule has 0 unspecified atom stereocenters. The number of amides is 1. The monoisotopic (exact) mass is 481 g/mol. The van der Waals surface area contributed by atoms with Crippen LogP contribution in [0.4, 0.5) is 15.9 Å². The molecule has 9 heteroatoms. The fourth-order valence-corrected chi connectivity index (χ4v) is 5.11. The first-order chi connectivity index (χ1) is 16.7. The third-order valence-electron chi connectivity index (χ3n) is 7.04. The summed E-state index contributed by atoms with van der Waals surface area (Å²) < 4.78 is 20.0. The van der Waals surface area contributed by atoms with Crippen LogP contribution in [0.2, 0.25) is 0 Å². The van der Waals surface area contributed by atoms with Gasteiger partial charge in [0.25, 0.3) is 5.91 Å². The smallest absolute Gasteiger partial charge is 0.260 e. The number of rotatable bonds is 5. The summed E-state index contributed by atoms with van der Waals surface area (Å²) in [4.78, 5) is 17.1. The Morgan fingerprint density at radius 3 is 2.66 bits per heavy atom. The van der Waals surface area contributed by atoms with Gasteiger partial charge in [-0.2, -0.15) is 0 Å². The summed E-state index contributed by atoms with van der Waals surface area (Å²) in [6.45, 7) is 4.04. The van der Waals surface area contributed by atoms with Crippen molar-refractivity contribution >= 4 is 28.6 Å². The Morgan fingerprint density at radius 2 is 1.97 bits per heavy atom. The van der Waals surface area contributed by atoms with Crippen molar-refractivity contribution in [2.45, 2.75) is 38.1 Å². The third kappa shape index (κ3) is 4.20. The lowest BCUT2D eigenvalue weighted by Gasteiger charge is -2.23. The highest BCUT2D eigenvalue weighted by atomic mass is 19.1. The third-order valence-corrected chi connectivity index (χ3v) is 7.04. The average molecular weight is 482 g/mol. The first kappa shape index (κ1) is 23.5. The standard InChI is InChI=1S/C26H28FN3O5/c1-26(2)18(9-20(35-26)22-17-8-16(27)4-5-19(17)30-25(22)34)13-3-6-21(28-10-13)29-11-14-7-15(12-31)24(33)23(14)32/h3-6,8-10,14-15,23-24,31-33H,7,11-12H2,1-2H3,(H,28,29)(H,30,34)/t14-,15-,23-,24-/m1/s1. The minimum Gasteiger partial charge on any atom is -0.482 e. The summed E-state index contributed by atoms with van der Waals surface area (Å²) >= 11 is 0. The molecule has 1 aromatic carbocycles. The number of hydrogen-bond donors (Lipinski definition) is 5. The minimum absolute atomic E-state index is 0.158. The van der Waals surface area contributed by atoms with Gasteiger partial charge in [-0.05, 0) is 56.7 Å². The predicted octanol–water partition coefficient (Wildman–Crippen LogP) is 2.54. The summed E-state index contributed by atoms with van der Waals surface area (Å²) in [5, 5.41) is 35.5. The summed E-state index contributed by atoms with van der Waals surface area (Å²) in [6, 6.07) is 7.86. The molecule has 2 aliphatic heterocycles. The van der Waals surface area contributed by atoms with Gasteiger partial charge >= 0.3 is 0 Å². The van der Waals surface area contributed by atoms with E-state index in [1.807, 2.05) is 26.0 Å². The number of halogens is 1. The number of aliphatic hydroxyl groups excluding tert-OH is 3. The number of aromatic nitrogens is 1. The molecule has 1 aromatic heterocycles. The second-order valence-corrected chi connectivity index (χ2v) is 9.79. The molecule has 1 aliphatic carbocycles. The molecule has 35 heavy (non-hydrogen) atoms. The summed E-state index contributed by atoms with van der Waals surface area (Å²) in [7, 11) is 0. The van der Waals surface area contributed by atoms with Crippen molar-refractivity contribution in [2.75, 3.05) is 23.8 Å². The molecule has 5 rings (SSSR count). The molecule has 1 amide bonds. The number of anilines is 2. The van der Waals surface area contributed by atoms with Crippen LogP contribution in [0.25, 0.3) is 11.1 Å². The molecule has 3 heterocycles. The zero-order valence-electron chi connectivity index (χ0n) is 19.5. The first-order valence-electron chi connectivity index (χ1n) is 11.6. The molecular formula is C26H28FN3O5. The van der Waals surface area contributed by atoms with Crippen LogP contribution in [0, 0.1) is 17.7 Å². The van der Waals surface area contributed by atoms with Crippen LogP contribution in [0.5, 0.6) is 0 Å². The van der Waals surface area contributed by atoms with Gasteiger partial charge in [-0.25, -0.2) is 9.37 Å². The molecule has 8 nitrogen and oxygen atoms in total. The highest BCUT2D eigenvalue weighted by Gasteiger charge is 2.41. The first-order valence-corrected chi connectivity index (χ1v) is 11.6. The quantitative estimate of drug-likeness (QED) is 0.416. The van der Waals surface area contributed by atoms with Crippen molar-refractivity contribution in [3.8, 4) is 0 Å². The van der Waals surface area contributed by atoms with Crippen LogP contribution in [-0.2, 0) is 9.53 Å². The average Bonchev–Trinajstić information content (AvgIpc) is 3.42. The van der Waals surface area contributed by atoms with E-state index in [2.05, 4.69) is 15.6 Å². The zero-order chi connectivity index (χ0) is 24.9. The number of hydrogen-bond acceptors (Lipinski definition) is 7. The number of aliphatic hydroxyl groups is 3. The highest BCUT2D eigenvalue weighted by Crippen LogP contribution is 2.44. The van der Waals surface area contributed by atoms with Gasteiger partial charge in [-0.15, -0.1) is 0 Å². The largest absolute Gasteiger partial charge is 0.482 e. The maximum absolute atomic E-state index is 13.9. The second-order valence-electron chi connectivity index (χ2n) is 9.79. The summed E-state index contributed by atoms with van der Waals surface area (Å²) in [5.41, 5.74) is 2.22. The van der Waals surface area contributed by atoms with Gasteiger partial charge in [0.05, 0.1) is 17.8 Å². The minimum atomic E-state index is -0.924. The maximum Gasteiger partial charge on any atom is 0.260 e. The number of nitrogens with one attached hydrogen (secondary N) is 2. The van der Waals surface area contributed by atoms with E-state index in [0.29, 0.717) is 41.4 Å². The van der Waals surface area contributed by atoms with Crippen molar-refractivity contribution in [1.29, 1.82) is 0 Å². The number of ether oxygens (including phenoxy) is 1. The summed E-state index contributed by atoms with van der Waals surface area (Å²) in [6.07, 6.45) is 2.21. The number of benzene rings is 1. The molecule has 3 aliphatic rings. The zero-order valence-corrected chi connectivity index (χ0v) is 19.5. The topological polar surface area (TPSA) is 124 Å². The summed E-state index contributed by atoms with van der Waals surface area (Å²) in [5.74, 6) is -0.294. The highest BCUT2D eigenvalue weighted by molar-refractivity contribution is 6.32. The lowest BCUT2D eigenvalue weighted by Crippen LogP contribution is -2.31. The van der Waals surface area contributed by atoms with E-state index in [0.717, 1.165) is 11.1 Å². The molecule has 1 fully saturated rings. The Labute approximate surface area is 202 Å². The normalized spacial score (nSPS) is 29.0. The van der Waals surface area contributed by atoms with Crippen molar-refractivity contribution in [3.05, 3.63) is 65.3 Å². The Morgan fingerprint density at radius 1 is 1.20 bits per heavy atom. The van der Waals surface area contributed by atoms with E-state index in [-0.39, 0.29) is 24.3 Å². The number of carbonyl (C=O) groups excluding carboxylic acids is 1. The van der Waals surface area contributed by atoms with Crippen LogP contribution >= 0.6 is 0 Å². The molecule has 1 saturated carbocycles. The van der Waals surface area contributed by atoms with Crippen LogP contribution in [-0.4, -0.2) is 57.2 Å². The van der Waals surface area contributed by atoms with E-state index < -0.39 is 23.6 Å². The van der Waals surface area contributed by atoms with Crippen molar-refractivity contribution in [1.82, 2.24) is 4.98 Å². The van der Waals surface area contributed by atoms with Crippen LogP contribution in [0.15, 0.2) is 48.4 Å². The van der Waals surface area contributed by atoms with E-state index in [1.54, 1.807) is 12.3 Å². The van der Waals surface area contributed by atoms with Gasteiger partial charge in [0.2, 0.25) is 0 Å². The molecule has 2 aromatic rings. The number of fused-ring (bicyclic) bond motifs is 1. The van der Waals surface area contributed by atoms with Crippen molar-refractivity contribution in [3.63, 3.8) is 0 Å². The molecule has 0 bridgehead atoms. The second kappa shape index (κ2) is 8.75. The Hall–Kier alpha value is -3.27. The molecule has 4 atom stereocenters. The van der Waals surface area contributed by atoms with E-state index >= 15 is 0 Å². The number of carbonyl (C=O) groups is 1. The van der Waals surface area contributed by atoms with Crippen molar-refractivity contribution < 1.29 is 29.2 Å². The van der Waals surface area contributed by atoms with E-state index in [4.69, 9.17) is 4.74 Å². The van der Waals surface area contributed by atoms with Gasteiger partial charge in [0.15, 0.2) is 0 Å². The molecule has 0 radical (unpaired) electrons. The Kier molecular flexibility index (Phi) is 5.86. The molecular weight excluding hydrogens is 453 g/mol. The van der Waals surface area contributed by atoms with Gasteiger partial charge in [0.1, 0.15) is 23.0 Å². The van der Waals surface area contributed by atoms with Gasteiger partial charge in [-0.1, -0.05) is 0 Å². The predicted molar refractivity (Wildman–Crippen MR) is 129 cm³/mol. The molecule has 184 valence electrons. The number of nitrogens with zero attached hydrogens (tertiary/aromatic N) is 1. The van der Waals surface area contributed by atoms with Gasteiger partial charge < -0.3 is 30.7 Å². The van der Waals surface area contributed by atoms with Gasteiger partial charge in [-0.3, -0.25) is 4.79 Å². The van der Waals surface area contributed by atoms with Crippen LogP contribution in [0.1, 0.15) is 31.4 Å². The van der Waals surface area contributed by atoms with E-state index in [1.165, 1.54) is 18.2 Å². The van der Waals surface area contributed by atoms with Crippen molar-refractivity contribution in [2.24, 2.45) is 11.8 Å². The SMILES string of the molecule is CC1(C)OC(=C2C(=O)Nc3ccc(F)cc32)C=C1c1ccc(NC[C@H]2C[C@H](CO)[C@@H](O)[C@@H]2O)nc1. The number of allylic oxidation sites excluding steroid dienone is 1.